The Morgan fingerprint density at radius 1 is 0.640 bits per heavy atom. The summed E-state index contributed by atoms with van der Waals surface area (Å²) in [6.45, 7) is 0. The summed E-state index contributed by atoms with van der Waals surface area (Å²) >= 11 is 3.68. The topological polar surface area (TPSA) is 0 Å². The molecule has 0 aromatic heterocycles. The van der Waals surface area contributed by atoms with Gasteiger partial charge < -0.3 is 0 Å². The van der Waals surface area contributed by atoms with Crippen LogP contribution in [0.3, 0.4) is 0 Å². The number of allylic oxidation sites excluding steroid dienone is 8. The van der Waals surface area contributed by atoms with Gasteiger partial charge in [0.25, 0.3) is 0 Å². The lowest BCUT2D eigenvalue weighted by molar-refractivity contribution is 1.21. The molecule has 0 nitrogen and oxygen atoms in total. The molecular weight excluding hydrogens is 340 g/mol. The Balaban J connectivity index is 1.59. The quantitative estimate of drug-likeness (QED) is 0.568. The van der Waals surface area contributed by atoms with Crippen LogP contribution in [0.4, 0.5) is 0 Å². The lowest BCUT2D eigenvalue weighted by Crippen LogP contribution is -1.88. The van der Waals surface area contributed by atoms with Crippen molar-refractivity contribution in [2.24, 2.45) is 0 Å². The van der Waals surface area contributed by atoms with Gasteiger partial charge in [0.1, 0.15) is 0 Å². The molecule has 2 bridgehead atoms. The van der Waals surface area contributed by atoms with Crippen LogP contribution in [0, 0.1) is 0 Å². The Labute approximate surface area is 157 Å². The minimum Gasteiger partial charge on any atom is -0.0898 e. The first-order valence-electron chi connectivity index (χ1n) is 8.33. The van der Waals surface area contributed by atoms with E-state index < -0.39 is 0 Å². The van der Waals surface area contributed by atoms with Gasteiger partial charge in [-0.25, -0.2) is 0 Å². The maximum atomic E-state index is 2.26. The maximum Gasteiger partial charge on any atom is 0.0157 e. The molecular formula is C23H18S2. The molecule has 0 spiro atoms. The van der Waals surface area contributed by atoms with E-state index in [1.54, 1.807) is 0 Å². The van der Waals surface area contributed by atoms with Crippen LogP contribution < -0.4 is 0 Å². The Hall–Kier alpha value is -2.16. The Morgan fingerprint density at radius 3 is 2.00 bits per heavy atom. The van der Waals surface area contributed by atoms with Gasteiger partial charge in [-0.2, -0.15) is 0 Å². The van der Waals surface area contributed by atoms with Gasteiger partial charge in [-0.15, -0.1) is 0 Å². The molecule has 0 atom stereocenters. The van der Waals surface area contributed by atoms with E-state index in [1.165, 1.54) is 30.7 Å². The Morgan fingerprint density at radius 2 is 1.28 bits per heavy atom. The fourth-order valence-electron chi connectivity index (χ4n) is 2.81. The summed E-state index contributed by atoms with van der Waals surface area (Å²) in [6.07, 6.45) is 14.3. The first-order valence-corrected chi connectivity index (χ1v) is 9.97. The third kappa shape index (κ3) is 4.09. The molecule has 0 amide bonds. The number of fused-ring (bicyclic) bond motifs is 2. The van der Waals surface area contributed by atoms with Crippen LogP contribution in [0.25, 0.3) is 0 Å². The second-order valence-corrected chi connectivity index (χ2v) is 8.07. The first kappa shape index (κ1) is 16.3. The molecule has 0 fully saturated rings. The molecule has 0 aliphatic heterocycles. The molecule has 2 heteroatoms. The van der Waals surface area contributed by atoms with Crippen molar-refractivity contribution in [3.8, 4) is 0 Å². The van der Waals surface area contributed by atoms with Gasteiger partial charge in [-0.05, 0) is 54.0 Å². The van der Waals surface area contributed by atoms with Crippen molar-refractivity contribution >= 4 is 23.5 Å². The predicted octanol–water partition coefficient (Wildman–Crippen LogP) is 7.17. The van der Waals surface area contributed by atoms with Crippen molar-refractivity contribution in [1.29, 1.82) is 0 Å². The zero-order valence-corrected chi connectivity index (χ0v) is 15.4. The van der Waals surface area contributed by atoms with Gasteiger partial charge in [0.15, 0.2) is 0 Å². The van der Waals surface area contributed by atoms with Crippen molar-refractivity contribution in [2.75, 3.05) is 0 Å². The SMILES string of the molecule is C1=CC2=C(Sc3ccccc3)C=CC=C(C2)C(Sc2ccccc2)=C1. The standard InChI is InChI=1S/C23H18S2/c1-3-11-20(12-4-1)24-22-15-7-10-19-17-18(22)9-8-16-23(19)25-21-13-5-2-6-14-21/h1-16H,17H2. The summed E-state index contributed by atoms with van der Waals surface area (Å²) < 4.78 is 0. The van der Waals surface area contributed by atoms with Crippen LogP contribution in [0.5, 0.6) is 0 Å². The highest BCUT2D eigenvalue weighted by molar-refractivity contribution is 8.03. The third-order valence-electron chi connectivity index (χ3n) is 4.05. The van der Waals surface area contributed by atoms with Crippen LogP contribution >= 0.6 is 23.5 Å². The van der Waals surface area contributed by atoms with Gasteiger partial charge in [-0.1, -0.05) is 84.2 Å². The summed E-state index contributed by atoms with van der Waals surface area (Å²) in [4.78, 5) is 5.21. The van der Waals surface area contributed by atoms with Gasteiger partial charge in [-0.3, -0.25) is 0 Å². The van der Waals surface area contributed by atoms with Crippen LogP contribution in [0.1, 0.15) is 6.42 Å². The zero-order chi connectivity index (χ0) is 16.9. The normalized spacial score (nSPS) is 16.2. The Kier molecular flexibility index (Phi) is 5.10. The van der Waals surface area contributed by atoms with Gasteiger partial charge >= 0.3 is 0 Å². The van der Waals surface area contributed by atoms with Crippen molar-refractivity contribution in [1.82, 2.24) is 0 Å². The maximum absolute atomic E-state index is 2.26. The monoisotopic (exact) mass is 358 g/mol. The highest BCUT2D eigenvalue weighted by Crippen LogP contribution is 2.41. The molecule has 122 valence electrons. The van der Waals surface area contributed by atoms with Crippen LogP contribution in [-0.2, 0) is 0 Å². The van der Waals surface area contributed by atoms with Gasteiger partial charge in [0, 0.05) is 19.6 Å². The van der Waals surface area contributed by atoms with Gasteiger partial charge in [0.05, 0.1) is 0 Å². The molecule has 25 heavy (non-hydrogen) atoms. The molecule has 2 aromatic rings. The summed E-state index contributed by atoms with van der Waals surface area (Å²) in [6, 6.07) is 21.2. The van der Waals surface area contributed by atoms with E-state index in [0.717, 1.165) is 6.42 Å². The third-order valence-corrected chi connectivity index (χ3v) is 6.30. The van der Waals surface area contributed by atoms with Crippen LogP contribution in [0.2, 0.25) is 0 Å². The summed E-state index contributed by atoms with van der Waals surface area (Å²) in [5, 5.41) is 0. The van der Waals surface area contributed by atoms with E-state index >= 15 is 0 Å². The summed E-state index contributed by atoms with van der Waals surface area (Å²) in [5.74, 6) is 0. The second kappa shape index (κ2) is 7.81. The number of benzene rings is 2. The fourth-order valence-corrected chi connectivity index (χ4v) is 4.74. The molecule has 0 unspecified atom stereocenters. The molecule has 2 aliphatic rings. The van der Waals surface area contributed by atoms with Crippen molar-refractivity contribution in [2.45, 2.75) is 16.2 Å². The first-order chi connectivity index (χ1) is 12.4. The highest BCUT2D eigenvalue weighted by atomic mass is 32.2. The number of hydrogen-bond donors (Lipinski definition) is 0. The molecule has 2 aliphatic carbocycles. The smallest absolute Gasteiger partial charge is 0.0157 e. The van der Waals surface area contributed by atoms with E-state index in [4.69, 9.17) is 0 Å². The van der Waals surface area contributed by atoms with E-state index in [0.29, 0.717) is 0 Å². The summed E-state index contributed by atoms with van der Waals surface area (Å²) in [7, 11) is 0. The zero-order valence-electron chi connectivity index (χ0n) is 13.8. The minimum atomic E-state index is 0.977. The van der Waals surface area contributed by atoms with Crippen molar-refractivity contribution in [3.05, 3.63) is 118 Å². The lowest BCUT2D eigenvalue weighted by atomic mass is 10.1. The van der Waals surface area contributed by atoms with E-state index in [2.05, 4.69) is 97.1 Å². The second-order valence-electron chi connectivity index (χ2n) is 5.84. The molecule has 0 radical (unpaired) electrons. The summed E-state index contributed by atoms with van der Waals surface area (Å²) in [5.41, 5.74) is 2.77. The molecule has 0 heterocycles. The average Bonchev–Trinajstić information content (AvgIpc) is 2.97. The van der Waals surface area contributed by atoms with E-state index in [9.17, 15) is 0 Å². The van der Waals surface area contributed by atoms with Gasteiger partial charge in [0.2, 0.25) is 0 Å². The molecule has 2 aromatic carbocycles. The van der Waals surface area contributed by atoms with E-state index in [-0.39, 0.29) is 0 Å². The van der Waals surface area contributed by atoms with Crippen LogP contribution in [0.15, 0.2) is 128 Å². The van der Waals surface area contributed by atoms with Crippen molar-refractivity contribution < 1.29 is 0 Å². The average molecular weight is 359 g/mol. The van der Waals surface area contributed by atoms with Crippen LogP contribution in [-0.4, -0.2) is 0 Å². The predicted molar refractivity (Wildman–Crippen MR) is 111 cm³/mol. The largest absolute Gasteiger partial charge is 0.0898 e. The molecule has 0 saturated heterocycles. The Bertz CT molecular complexity index is 898. The highest BCUT2D eigenvalue weighted by Gasteiger charge is 2.15. The molecule has 0 saturated carbocycles. The van der Waals surface area contributed by atoms with E-state index in [1.807, 2.05) is 23.5 Å². The molecule has 4 rings (SSSR count). The molecule has 0 N–H and O–H groups in total. The fraction of sp³-hybridized carbons (Fsp3) is 0.0435. The number of hydrogen-bond acceptors (Lipinski definition) is 2. The minimum absolute atomic E-state index is 0.977. The van der Waals surface area contributed by atoms with Crippen molar-refractivity contribution in [3.63, 3.8) is 0 Å². The number of thioether (sulfide) groups is 2. The lowest BCUT2D eigenvalue weighted by Gasteiger charge is -2.11. The number of rotatable bonds is 4.